The van der Waals surface area contributed by atoms with Crippen molar-refractivity contribution >= 4 is 38.6 Å². The van der Waals surface area contributed by atoms with Crippen molar-refractivity contribution in [1.29, 1.82) is 0 Å². The second-order valence-electron chi connectivity index (χ2n) is 8.18. The number of hydrogen-bond acceptors (Lipinski definition) is 5. The lowest BCUT2D eigenvalue weighted by molar-refractivity contribution is -0.151. The van der Waals surface area contributed by atoms with Crippen molar-refractivity contribution in [3.63, 3.8) is 0 Å². The molecule has 0 fully saturated rings. The van der Waals surface area contributed by atoms with Crippen LogP contribution in [0.4, 0.5) is 8.78 Å². The number of nitrogens with zero attached hydrogens (tertiary/aromatic N) is 2. The molecule has 0 saturated carbocycles. The molecule has 1 aromatic heterocycles. The Bertz CT molecular complexity index is 1350. The van der Waals surface area contributed by atoms with Crippen molar-refractivity contribution in [1.82, 2.24) is 9.13 Å². The summed E-state index contributed by atoms with van der Waals surface area (Å²) in [7, 11) is 0. The molecule has 34 heavy (non-hydrogen) atoms. The van der Waals surface area contributed by atoms with Gasteiger partial charge < -0.3 is 4.74 Å². The quantitative estimate of drug-likeness (QED) is 0.180. The molecular formula is C24H23BrF2N2O5. The molecule has 0 atom stereocenters. The fourth-order valence-electron chi connectivity index (χ4n) is 3.54. The summed E-state index contributed by atoms with van der Waals surface area (Å²) >= 11 is 3.29. The lowest BCUT2D eigenvalue weighted by Crippen LogP contribution is -2.53. The van der Waals surface area contributed by atoms with Crippen molar-refractivity contribution in [3.05, 3.63) is 80.5 Å². The van der Waals surface area contributed by atoms with E-state index in [2.05, 4.69) is 15.9 Å². The van der Waals surface area contributed by atoms with E-state index in [-0.39, 0.29) is 17.4 Å². The Morgan fingerprint density at radius 3 is 2.32 bits per heavy atom. The number of fused-ring (bicyclic) bond motifs is 1. The summed E-state index contributed by atoms with van der Waals surface area (Å²) in [6, 6.07) is 9.69. The van der Waals surface area contributed by atoms with Gasteiger partial charge in [0.2, 0.25) is 0 Å². The number of ketones is 1. The third kappa shape index (κ3) is 5.01. The number of carbonyl (C=O) groups is 2. The summed E-state index contributed by atoms with van der Waals surface area (Å²) < 4.78 is 34.9. The van der Waals surface area contributed by atoms with Gasteiger partial charge in [-0.1, -0.05) is 46.3 Å². The highest BCUT2D eigenvalue weighted by atomic mass is 79.9. The van der Waals surface area contributed by atoms with Gasteiger partial charge in [-0.2, -0.15) is 0 Å². The highest BCUT2D eigenvalue weighted by Gasteiger charge is 2.36. The van der Waals surface area contributed by atoms with E-state index in [0.717, 1.165) is 10.6 Å². The van der Waals surface area contributed by atoms with Crippen molar-refractivity contribution in [2.75, 3.05) is 11.9 Å². The van der Waals surface area contributed by atoms with Crippen LogP contribution in [0.25, 0.3) is 10.9 Å². The SMILES string of the molecule is CC(C)(C(=O)OCC(=O)c1ccccc1)n1c(=O)c2cc(F)c(F)cc2n(CCCCBr)c1=O. The summed E-state index contributed by atoms with van der Waals surface area (Å²) in [5, 5.41) is 0.411. The second-order valence-corrected chi connectivity index (χ2v) is 8.97. The van der Waals surface area contributed by atoms with Crippen LogP contribution in [-0.2, 0) is 21.6 Å². The first-order valence-electron chi connectivity index (χ1n) is 10.6. The third-order valence-electron chi connectivity index (χ3n) is 5.44. The number of benzene rings is 2. The van der Waals surface area contributed by atoms with E-state index < -0.39 is 46.8 Å². The van der Waals surface area contributed by atoms with Crippen LogP contribution in [0.1, 0.15) is 37.0 Å². The minimum atomic E-state index is -1.83. The predicted octanol–water partition coefficient (Wildman–Crippen LogP) is 3.78. The van der Waals surface area contributed by atoms with E-state index in [1.54, 1.807) is 30.3 Å². The Morgan fingerprint density at radius 2 is 1.68 bits per heavy atom. The zero-order valence-corrected chi connectivity index (χ0v) is 20.2. The molecule has 0 bridgehead atoms. The van der Waals surface area contributed by atoms with Crippen molar-refractivity contribution in [2.24, 2.45) is 0 Å². The first kappa shape index (κ1) is 25.5. The molecular weight excluding hydrogens is 514 g/mol. The van der Waals surface area contributed by atoms with Crippen molar-refractivity contribution in [3.8, 4) is 0 Å². The Morgan fingerprint density at radius 1 is 1.03 bits per heavy atom. The van der Waals surface area contributed by atoms with Gasteiger partial charge in [-0.3, -0.25) is 14.2 Å². The van der Waals surface area contributed by atoms with Gasteiger partial charge in [0.15, 0.2) is 24.0 Å². The maximum atomic E-state index is 14.0. The van der Waals surface area contributed by atoms with Crippen LogP contribution in [0, 0.1) is 11.6 Å². The maximum absolute atomic E-state index is 14.0. The molecule has 3 rings (SSSR count). The number of halogens is 3. The highest BCUT2D eigenvalue weighted by molar-refractivity contribution is 9.09. The molecule has 0 unspecified atom stereocenters. The number of carbonyl (C=O) groups excluding carboxylic acids is 2. The third-order valence-corrected chi connectivity index (χ3v) is 6.00. The summed E-state index contributed by atoms with van der Waals surface area (Å²) in [6.45, 7) is 2.11. The van der Waals surface area contributed by atoms with E-state index in [1.165, 1.54) is 13.8 Å². The molecule has 1 heterocycles. The van der Waals surface area contributed by atoms with Crippen LogP contribution in [0.5, 0.6) is 0 Å². The van der Waals surface area contributed by atoms with Gasteiger partial charge in [0.05, 0.1) is 10.9 Å². The Hall–Kier alpha value is -3.14. The molecule has 180 valence electrons. The summed E-state index contributed by atoms with van der Waals surface area (Å²) in [4.78, 5) is 51.7. The molecule has 0 N–H and O–H groups in total. The number of esters is 1. The lowest BCUT2D eigenvalue weighted by Gasteiger charge is -2.26. The fraction of sp³-hybridized carbons (Fsp3) is 0.333. The van der Waals surface area contributed by atoms with Gasteiger partial charge in [0.1, 0.15) is 5.54 Å². The van der Waals surface area contributed by atoms with Crippen LogP contribution in [0.3, 0.4) is 0 Å². The van der Waals surface area contributed by atoms with Gasteiger partial charge in [0, 0.05) is 23.5 Å². The van der Waals surface area contributed by atoms with Crippen LogP contribution in [0.2, 0.25) is 0 Å². The molecule has 0 radical (unpaired) electrons. The molecule has 3 aromatic rings. The standard InChI is InChI=1S/C24H23BrF2N2O5/c1-24(2,22(32)34-14-20(30)15-8-4-3-5-9-15)29-21(31)16-12-17(26)18(27)13-19(16)28(23(29)33)11-7-6-10-25/h3-5,8-9,12-13H,6-7,10-11,14H2,1-2H3. The Balaban J connectivity index is 2.05. The zero-order valence-electron chi connectivity index (χ0n) is 18.6. The van der Waals surface area contributed by atoms with Gasteiger partial charge in [-0.15, -0.1) is 0 Å². The largest absolute Gasteiger partial charge is 0.456 e. The van der Waals surface area contributed by atoms with Gasteiger partial charge in [0.25, 0.3) is 5.56 Å². The number of aromatic nitrogens is 2. The summed E-state index contributed by atoms with van der Waals surface area (Å²) in [6.07, 6.45) is 1.19. The van der Waals surface area contributed by atoms with E-state index in [0.29, 0.717) is 34.4 Å². The lowest BCUT2D eigenvalue weighted by atomic mass is 10.0. The van der Waals surface area contributed by atoms with E-state index in [4.69, 9.17) is 4.74 Å². The minimum absolute atomic E-state index is 0.0665. The molecule has 0 saturated heterocycles. The van der Waals surface area contributed by atoms with E-state index >= 15 is 0 Å². The normalized spacial score (nSPS) is 11.6. The smallest absolute Gasteiger partial charge is 0.332 e. The topological polar surface area (TPSA) is 87.4 Å². The van der Waals surface area contributed by atoms with Gasteiger partial charge in [-0.25, -0.2) is 22.9 Å². The number of rotatable bonds is 9. The van der Waals surface area contributed by atoms with Crippen LogP contribution in [-0.4, -0.2) is 32.8 Å². The molecule has 0 aliphatic carbocycles. The summed E-state index contributed by atoms with van der Waals surface area (Å²) in [5.41, 5.74) is -3.39. The number of hydrogen-bond donors (Lipinski definition) is 0. The average Bonchev–Trinajstić information content (AvgIpc) is 2.81. The van der Waals surface area contributed by atoms with Crippen LogP contribution in [0.15, 0.2) is 52.1 Å². The van der Waals surface area contributed by atoms with E-state index in [1.807, 2.05) is 0 Å². The zero-order chi connectivity index (χ0) is 25.0. The minimum Gasteiger partial charge on any atom is -0.456 e. The molecule has 0 amide bonds. The number of Topliss-reactive ketones (excluding diaryl/α,β-unsaturated/α-hetero) is 1. The number of alkyl halides is 1. The maximum Gasteiger partial charge on any atom is 0.332 e. The first-order chi connectivity index (χ1) is 16.1. The van der Waals surface area contributed by atoms with Gasteiger partial charge in [-0.05, 0) is 32.8 Å². The van der Waals surface area contributed by atoms with Crippen LogP contribution >= 0.6 is 15.9 Å². The van der Waals surface area contributed by atoms with E-state index in [9.17, 15) is 28.0 Å². The first-order valence-corrected chi connectivity index (χ1v) is 11.7. The highest BCUT2D eigenvalue weighted by Crippen LogP contribution is 2.19. The Labute approximate surface area is 202 Å². The molecule has 10 heteroatoms. The monoisotopic (exact) mass is 536 g/mol. The predicted molar refractivity (Wildman–Crippen MR) is 126 cm³/mol. The van der Waals surface area contributed by atoms with Crippen molar-refractivity contribution in [2.45, 2.75) is 38.8 Å². The van der Waals surface area contributed by atoms with Crippen molar-refractivity contribution < 1.29 is 23.1 Å². The molecule has 7 nitrogen and oxygen atoms in total. The molecule has 0 aliphatic rings. The number of unbranched alkanes of at least 4 members (excludes halogenated alkanes) is 1. The fourth-order valence-corrected chi connectivity index (χ4v) is 3.94. The van der Waals surface area contributed by atoms with Crippen LogP contribution < -0.4 is 11.2 Å². The molecule has 0 spiro atoms. The number of ether oxygens (including phenoxy) is 1. The average molecular weight is 537 g/mol. The second kappa shape index (κ2) is 10.4. The number of aryl methyl sites for hydroxylation is 1. The van der Waals surface area contributed by atoms with Gasteiger partial charge >= 0.3 is 11.7 Å². The molecule has 0 aliphatic heterocycles. The Kier molecular flexibility index (Phi) is 7.81. The summed E-state index contributed by atoms with van der Waals surface area (Å²) in [5.74, 6) is -3.91. The molecule has 2 aromatic carbocycles.